The first-order valence-corrected chi connectivity index (χ1v) is 5.70. The van der Waals surface area contributed by atoms with Crippen molar-refractivity contribution in [2.75, 3.05) is 0 Å². The van der Waals surface area contributed by atoms with Gasteiger partial charge in [-0.2, -0.15) is 0 Å². The quantitative estimate of drug-likeness (QED) is 0.703. The number of fused-ring (bicyclic) bond motifs is 1. The third-order valence-corrected chi connectivity index (χ3v) is 2.95. The first-order chi connectivity index (χ1) is 9.06. The first kappa shape index (κ1) is 11.6. The van der Waals surface area contributed by atoms with E-state index in [0.717, 1.165) is 11.6 Å². The molecule has 3 rings (SSSR count). The number of rotatable bonds is 1. The second kappa shape index (κ2) is 4.05. The molecule has 2 aromatic carbocycles. The zero-order valence-electron chi connectivity index (χ0n) is 10.0. The molecule has 0 aliphatic carbocycles. The van der Waals surface area contributed by atoms with E-state index in [1.54, 1.807) is 12.1 Å². The molecular weight excluding hydrogens is 250 g/mol. The number of phenolic OH excluding ortho intramolecular Hbond substituents is 1. The average molecular weight is 260 g/mol. The van der Waals surface area contributed by atoms with E-state index in [-0.39, 0.29) is 11.3 Å². The van der Waals surface area contributed by atoms with Crippen molar-refractivity contribution in [3.05, 3.63) is 47.5 Å². The molecule has 0 amide bonds. The number of aromatic amines is 1. The lowest BCUT2D eigenvalue weighted by Crippen LogP contribution is -1.85. The van der Waals surface area contributed by atoms with E-state index in [1.165, 1.54) is 12.1 Å². The fraction of sp³-hybridized carbons (Fsp3) is 0.0714. The zero-order chi connectivity index (χ0) is 13.6. The Bertz CT molecular complexity index is 780. The number of H-pyrrole nitrogens is 1. The molecule has 1 heterocycles. The Morgan fingerprint density at radius 1 is 1.16 bits per heavy atom. The Kier molecular flexibility index (Phi) is 2.48. The van der Waals surface area contributed by atoms with Gasteiger partial charge >= 0.3 is 0 Å². The van der Waals surface area contributed by atoms with Crippen molar-refractivity contribution < 1.29 is 13.9 Å². The zero-order valence-corrected chi connectivity index (χ0v) is 10.0. The van der Waals surface area contributed by atoms with Gasteiger partial charge in [-0.3, -0.25) is 0 Å². The predicted molar refractivity (Wildman–Crippen MR) is 67.8 cm³/mol. The van der Waals surface area contributed by atoms with E-state index >= 15 is 0 Å². The summed E-state index contributed by atoms with van der Waals surface area (Å²) in [7, 11) is 0. The fourth-order valence-corrected chi connectivity index (χ4v) is 1.98. The lowest BCUT2D eigenvalue weighted by molar-refractivity contribution is 0.477. The van der Waals surface area contributed by atoms with Crippen molar-refractivity contribution in [3.8, 4) is 17.1 Å². The minimum Gasteiger partial charge on any atom is -0.507 e. The summed E-state index contributed by atoms with van der Waals surface area (Å²) in [4.78, 5) is 6.88. The van der Waals surface area contributed by atoms with E-state index in [1.807, 2.05) is 6.92 Å². The third-order valence-electron chi connectivity index (χ3n) is 2.95. The second-order valence-electron chi connectivity index (χ2n) is 4.36. The highest BCUT2D eigenvalue weighted by Gasteiger charge is 2.14. The Balaban J connectivity index is 2.26. The van der Waals surface area contributed by atoms with Gasteiger partial charge in [0.1, 0.15) is 17.1 Å². The minimum atomic E-state index is -0.993. The fourth-order valence-electron chi connectivity index (χ4n) is 1.98. The molecule has 0 atom stereocenters. The van der Waals surface area contributed by atoms with Gasteiger partial charge in [0.15, 0.2) is 11.6 Å². The number of nitrogens with zero attached hydrogens (tertiary/aromatic N) is 1. The van der Waals surface area contributed by atoms with Crippen LogP contribution in [0.15, 0.2) is 30.3 Å². The molecule has 0 spiro atoms. The molecule has 1 aromatic heterocycles. The van der Waals surface area contributed by atoms with Crippen LogP contribution >= 0.6 is 0 Å². The summed E-state index contributed by atoms with van der Waals surface area (Å²) in [6.07, 6.45) is 0. The van der Waals surface area contributed by atoms with E-state index in [0.29, 0.717) is 16.9 Å². The molecule has 19 heavy (non-hydrogen) atoms. The maximum atomic E-state index is 13.6. The van der Waals surface area contributed by atoms with Crippen LogP contribution < -0.4 is 0 Å². The highest BCUT2D eigenvalue weighted by atomic mass is 19.2. The number of aromatic nitrogens is 2. The molecule has 3 aromatic rings. The number of imidazole rings is 1. The number of hydrogen-bond acceptors (Lipinski definition) is 2. The Morgan fingerprint density at radius 2 is 1.95 bits per heavy atom. The van der Waals surface area contributed by atoms with Crippen molar-refractivity contribution in [1.82, 2.24) is 9.97 Å². The summed E-state index contributed by atoms with van der Waals surface area (Å²) in [5.41, 5.74) is 1.70. The molecule has 2 N–H and O–H groups in total. The van der Waals surface area contributed by atoms with E-state index in [4.69, 9.17) is 0 Å². The van der Waals surface area contributed by atoms with E-state index in [2.05, 4.69) is 9.97 Å². The number of halogens is 2. The molecular formula is C14H10F2N2O. The highest BCUT2D eigenvalue weighted by molar-refractivity contribution is 5.81. The van der Waals surface area contributed by atoms with Crippen LogP contribution in [0.5, 0.6) is 5.75 Å². The lowest BCUT2D eigenvalue weighted by Gasteiger charge is -2.01. The van der Waals surface area contributed by atoms with Gasteiger partial charge in [-0.05, 0) is 31.2 Å². The summed E-state index contributed by atoms with van der Waals surface area (Å²) in [6, 6.07) is 7.46. The summed E-state index contributed by atoms with van der Waals surface area (Å²) < 4.78 is 26.7. The van der Waals surface area contributed by atoms with Crippen LogP contribution in [0.4, 0.5) is 8.78 Å². The molecule has 0 saturated heterocycles. The molecule has 0 bridgehead atoms. The molecule has 0 aliphatic heterocycles. The monoisotopic (exact) mass is 260 g/mol. The number of hydrogen-bond donors (Lipinski definition) is 2. The molecule has 0 radical (unpaired) electrons. The smallest absolute Gasteiger partial charge is 0.186 e. The number of nitrogens with one attached hydrogen (secondary N) is 1. The van der Waals surface area contributed by atoms with Crippen molar-refractivity contribution >= 4 is 11.0 Å². The Labute approximate surface area is 107 Å². The maximum absolute atomic E-state index is 13.6. The minimum absolute atomic E-state index is 0.0329. The van der Waals surface area contributed by atoms with Gasteiger partial charge in [-0.25, -0.2) is 13.8 Å². The van der Waals surface area contributed by atoms with Gasteiger partial charge in [-0.15, -0.1) is 0 Å². The number of benzene rings is 2. The third kappa shape index (κ3) is 1.83. The van der Waals surface area contributed by atoms with Crippen molar-refractivity contribution in [2.24, 2.45) is 0 Å². The van der Waals surface area contributed by atoms with Crippen LogP contribution in [0, 0.1) is 18.6 Å². The normalized spacial score (nSPS) is 11.1. The summed E-state index contributed by atoms with van der Waals surface area (Å²) in [6.45, 7) is 1.87. The number of phenols is 1. The van der Waals surface area contributed by atoms with E-state index in [9.17, 15) is 13.9 Å². The van der Waals surface area contributed by atoms with Gasteiger partial charge in [0.2, 0.25) is 0 Å². The average Bonchev–Trinajstić information content (AvgIpc) is 2.81. The van der Waals surface area contributed by atoms with E-state index < -0.39 is 11.6 Å². The van der Waals surface area contributed by atoms with Crippen LogP contribution in [-0.4, -0.2) is 15.1 Å². The molecule has 0 unspecified atom stereocenters. The van der Waals surface area contributed by atoms with Crippen LogP contribution in [0.1, 0.15) is 5.56 Å². The molecule has 3 nitrogen and oxygen atoms in total. The van der Waals surface area contributed by atoms with Gasteiger partial charge < -0.3 is 10.1 Å². The van der Waals surface area contributed by atoms with Crippen LogP contribution in [0.2, 0.25) is 0 Å². The topological polar surface area (TPSA) is 48.9 Å². The predicted octanol–water partition coefficient (Wildman–Crippen LogP) is 3.52. The largest absolute Gasteiger partial charge is 0.507 e. The van der Waals surface area contributed by atoms with Gasteiger partial charge in [0.05, 0.1) is 11.1 Å². The number of aromatic hydroxyl groups is 1. The van der Waals surface area contributed by atoms with Crippen molar-refractivity contribution in [1.29, 1.82) is 0 Å². The summed E-state index contributed by atoms with van der Waals surface area (Å²) in [5, 5.41) is 9.81. The molecule has 96 valence electrons. The summed E-state index contributed by atoms with van der Waals surface area (Å²) >= 11 is 0. The Morgan fingerprint density at radius 3 is 2.74 bits per heavy atom. The van der Waals surface area contributed by atoms with Crippen LogP contribution in [0.25, 0.3) is 22.4 Å². The lowest BCUT2D eigenvalue weighted by atomic mass is 10.1. The summed E-state index contributed by atoms with van der Waals surface area (Å²) in [5.74, 6) is -1.60. The van der Waals surface area contributed by atoms with Gasteiger partial charge in [0, 0.05) is 0 Å². The van der Waals surface area contributed by atoms with Crippen molar-refractivity contribution in [3.63, 3.8) is 0 Å². The molecule has 0 aliphatic rings. The van der Waals surface area contributed by atoms with Crippen molar-refractivity contribution in [2.45, 2.75) is 6.92 Å². The SMILES string of the molecule is Cc1ccc(O)c(-c2nc3c(F)c(F)ccc3[nH]2)c1. The standard InChI is InChI=1S/C14H10F2N2O/c1-7-2-5-11(19)8(6-7)14-17-10-4-3-9(15)12(16)13(10)18-14/h2-6,19H,1H3,(H,17,18). The Hall–Kier alpha value is -2.43. The molecule has 0 saturated carbocycles. The molecule has 5 heteroatoms. The highest BCUT2D eigenvalue weighted by Crippen LogP contribution is 2.30. The number of aryl methyl sites for hydroxylation is 1. The van der Waals surface area contributed by atoms with Gasteiger partial charge in [0.25, 0.3) is 0 Å². The van der Waals surface area contributed by atoms with Crippen LogP contribution in [0.3, 0.4) is 0 Å². The maximum Gasteiger partial charge on any atom is 0.186 e. The first-order valence-electron chi connectivity index (χ1n) is 5.70. The van der Waals surface area contributed by atoms with Crippen LogP contribution in [-0.2, 0) is 0 Å². The molecule has 0 fully saturated rings. The van der Waals surface area contributed by atoms with Gasteiger partial charge in [-0.1, -0.05) is 11.6 Å². The second-order valence-corrected chi connectivity index (χ2v) is 4.36.